The van der Waals surface area contributed by atoms with Gasteiger partial charge in [0.1, 0.15) is 30.1 Å². The average Bonchev–Trinajstić information content (AvgIpc) is 3.38. The predicted octanol–water partition coefficient (Wildman–Crippen LogP) is 3.06. The van der Waals surface area contributed by atoms with E-state index in [1.807, 2.05) is 0 Å². The number of carbonyl (C=O) groups excluding carboxylic acids is 2. The van der Waals surface area contributed by atoms with E-state index in [4.69, 9.17) is 47.7 Å². The largest absolute Gasteiger partial charge is 0.462 e. The summed E-state index contributed by atoms with van der Waals surface area (Å²) in [6.07, 6.45) is -2.70. The number of nitrogens with one attached hydrogen (secondary N) is 1. The molecular formula is C23H35ClFN6O7PS2. The van der Waals surface area contributed by atoms with Crippen LogP contribution in [-0.4, -0.2) is 84.2 Å². The topological polar surface area (TPSA) is 173 Å². The molecule has 1 saturated heterocycles. The summed E-state index contributed by atoms with van der Waals surface area (Å²) in [5.74, 6) is -0.251. The number of aromatic nitrogens is 4. The molecule has 0 saturated carbocycles. The molecule has 41 heavy (non-hydrogen) atoms. The van der Waals surface area contributed by atoms with Gasteiger partial charge < -0.3 is 29.4 Å². The lowest BCUT2D eigenvalue weighted by molar-refractivity contribution is -0.149. The molecule has 3 heterocycles. The van der Waals surface area contributed by atoms with E-state index >= 15 is 4.39 Å². The number of halogens is 2. The lowest BCUT2D eigenvalue weighted by atomic mass is 10.00. The van der Waals surface area contributed by atoms with Gasteiger partial charge in [-0.3, -0.25) is 14.2 Å². The molecule has 0 aromatic carbocycles. The number of rotatable bonds is 12. The number of nitrogens with two attached hydrogens (primary N) is 1. The van der Waals surface area contributed by atoms with Crippen molar-refractivity contribution in [2.24, 2.45) is 5.41 Å². The van der Waals surface area contributed by atoms with Crippen LogP contribution in [0.4, 0.5) is 10.2 Å². The Morgan fingerprint density at radius 2 is 2.02 bits per heavy atom. The highest BCUT2D eigenvalue weighted by Gasteiger charge is 2.58. The van der Waals surface area contributed by atoms with Gasteiger partial charge >= 0.3 is 5.97 Å². The second-order valence-corrected chi connectivity index (χ2v) is 15.4. The summed E-state index contributed by atoms with van der Waals surface area (Å²) in [6, 6.07) is -0.926. The van der Waals surface area contributed by atoms with Crippen molar-refractivity contribution in [3.8, 4) is 0 Å². The summed E-state index contributed by atoms with van der Waals surface area (Å²) in [5.41, 5.74) is 5.63. The van der Waals surface area contributed by atoms with Crippen LogP contribution in [0.25, 0.3) is 11.2 Å². The standard InChI is InChI=1S/C23H35ClFN6O7PS2/c1-12(2)37-19(33)13(3)30-39(40,35-7-8-41-21(34)22(4,5)6)36-9-14-16(32)23(24,25)20(38-14)31-11-29-15-17(26)27-10-28-18(15)31/h10-14,16,20,32H,7-9H2,1-6H3,(H,30,40)(H2,26,27,28)/t13-,14-,16-,20-,23-,39-/m1/s1. The van der Waals surface area contributed by atoms with Crippen molar-refractivity contribution in [3.05, 3.63) is 12.7 Å². The Kier molecular flexibility index (Phi) is 11.1. The first-order valence-electron chi connectivity index (χ1n) is 12.6. The maximum Gasteiger partial charge on any atom is 0.323 e. The number of aliphatic hydroxyl groups excluding tert-OH is 1. The predicted molar refractivity (Wildman–Crippen MR) is 156 cm³/mol. The lowest BCUT2D eigenvalue weighted by Crippen LogP contribution is -2.39. The molecule has 13 nitrogen and oxygen atoms in total. The van der Waals surface area contributed by atoms with Crippen molar-refractivity contribution in [1.29, 1.82) is 0 Å². The van der Waals surface area contributed by atoms with Gasteiger partial charge in [0.25, 0.3) is 11.8 Å². The molecule has 18 heteroatoms. The molecular weight excluding hydrogens is 622 g/mol. The number of hydrogen-bond donors (Lipinski definition) is 3. The van der Waals surface area contributed by atoms with E-state index in [9.17, 15) is 14.7 Å². The molecule has 0 amide bonds. The van der Waals surface area contributed by atoms with Crippen LogP contribution in [0.15, 0.2) is 12.7 Å². The Hall–Kier alpha value is -1.49. The number of fused-ring (bicyclic) bond motifs is 1. The van der Waals surface area contributed by atoms with Gasteiger partial charge in [0.2, 0.25) is 0 Å². The van der Waals surface area contributed by atoms with Gasteiger partial charge in [0.05, 0.1) is 25.6 Å². The van der Waals surface area contributed by atoms with Gasteiger partial charge in [-0.1, -0.05) is 44.1 Å². The van der Waals surface area contributed by atoms with Crippen LogP contribution in [0.2, 0.25) is 0 Å². The number of ether oxygens (including phenoxy) is 2. The van der Waals surface area contributed by atoms with Gasteiger partial charge in [0.15, 0.2) is 22.8 Å². The van der Waals surface area contributed by atoms with Crippen LogP contribution in [-0.2, 0) is 39.9 Å². The van der Waals surface area contributed by atoms with Crippen molar-refractivity contribution < 1.29 is 37.6 Å². The molecule has 3 rings (SSSR count). The molecule has 1 fully saturated rings. The molecule has 6 atom stereocenters. The number of carbonyl (C=O) groups is 2. The Bertz CT molecular complexity index is 1300. The SMILES string of the molecule is CC(C)OC(=O)[C@@H](C)N[P@@](=S)(OCCSC(=O)C(C)(C)C)OC[C@H]1O[C@@H](n2cnc3c(N)ncnc32)[C@@](F)(Cl)[C@@H]1O. The van der Waals surface area contributed by atoms with E-state index in [1.54, 1.807) is 34.6 Å². The van der Waals surface area contributed by atoms with Crippen LogP contribution in [0, 0.1) is 5.41 Å². The van der Waals surface area contributed by atoms with Crippen molar-refractivity contribution in [3.63, 3.8) is 0 Å². The maximum absolute atomic E-state index is 15.6. The number of anilines is 1. The minimum atomic E-state index is -3.47. The Labute approximate surface area is 251 Å². The molecule has 230 valence electrons. The van der Waals surface area contributed by atoms with Crippen LogP contribution < -0.4 is 10.8 Å². The molecule has 0 aliphatic carbocycles. The summed E-state index contributed by atoms with van der Waals surface area (Å²) < 4.78 is 39.5. The quantitative estimate of drug-likeness (QED) is 0.132. The molecule has 1 aliphatic heterocycles. The zero-order valence-electron chi connectivity index (χ0n) is 23.4. The fourth-order valence-corrected chi connectivity index (χ4v) is 7.13. The summed E-state index contributed by atoms with van der Waals surface area (Å²) in [7, 11) is 0. The zero-order valence-corrected chi connectivity index (χ0v) is 26.7. The van der Waals surface area contributed by atoms with E-state index < -0.39 is 54.2 Å². The normalized spacial score (nSPS) is 25.4. The average molecular weight is 657 g/mol. The molecule has 0 unspecified atom stereocenters. The van der Waals surface area contributed by atoms with Gasteiger partial charge in [-0.2, -0.15) is 0 Å². The first-order chi connectivity index (χ1) is 19.0. The molecule has 2 aromatic heterocycles. The highest BCUT2D eigenvalue weighted by Crippen LogP contribution is 2.49. The second-order valence-electron chi connectivity index (χ2n) is 10.6. The van der Waals surface area contributed by atoms with Gasteiger partial charge in [-0.15, -0.1) is 0 Å². The van der Waals surface area contributed by atoms with Gasteiger partial charge in [-0.25, -0.2) is 24.4 Å². The molecule has 0 spiro atoms. The highest BCUT2D eigenvalue weighted by atomic mass is 35.5. The third-order valence-corrected chi connectivity index (χ3v) is 9.99. The first-order valence-corrected chi connectivity index (χ1v) is 16.7. The fraction of sp³-hybridized carbons (Fsp3) is 0.696. The molecule has 0 radical (unpaired) electrons. The Balaban J connectivity index is 1.74. The van der Waals surface area contributed by atoms with Crippen molar-refractivity contribution in [2.75, 3.05) is 24.7 Å². The molecule has 2 aromatic rings. The minimum absolute atomic E-state index is 0.00409. The van der Waals surface area contributed by atoms with Crippen LogP contribution in [0.3, 0.4) is 0 Å². The van der Waals surface area contributed by atoms with Gasteiger partial charge in [-0.05, 0) is 32.6 Å². The smallest absolute Gasteiger partial charge is 0.323 e. The number of alkyl halides is 2. The Morgan fingerprint density at radius 1 is 1.34 bits per heavy atom. The molecule has 4 N–H and O–H groups in total. The lowest BCUT2D eigenvalue weighted by Gasteiger charge is -2.28. The highest BCUT2D eigenvalue weighted by molar-refractivity contribution is 8.13. The number of aliphatic hydroxyl groups is 1. The van der Waals surface area contributed by atoms with Crippen molar-refractivity contribution in [2.45, 2.75) is 77.3 Å². The fourth-order valence-electron chi connectivity index (χ4n) is 3.56. The number of hydrogen-bond acceptors (Lipinski definition) is 13. The number of imidazole rings is 1. The van der Waals surface area contributed by atoms with Gasteiger partial charge in [0, 0.05) is 11.2 Å². The summed E-state index contributed by atoms with van der Waals surface area (Å²) in [4.78, 5) is 36.7. The number of esters is 1. The van der Waals surface area contributed by atoms with E-state index in [1.165, 1.54) is 24.1 Å². The third-order valence-electron chi connectivity index (χ3n) is 5.68. The third kappa shape index (κ3) is 8.33. The molecule has 0 bridgehead atoms. The maximum atomic E-state index is 15.6. The number of thioether (sulfide) groups is 1. The van der Waals surface area contributed by atoms with Crippen LogP contribution >= 0.6 is 30.0 Å². The van der Waals surface area contributed by atoms with Crippen LogP contribution in [0.1, 0.15) is 47.8 Å². The molecule has 1 aliphatic rings. The minimum Gasteiger partial charge on any atom is -0.462 e. The van der Waals surface area contributed by atoms with E-state index in [0.717, 1.165) is 11.8 Å². The zero-order chi connectivity index (χ0) is 30.8. The van der Waals surface area contributed by atoms with Crippen molar-refractivity contribution in [1.82, 2.24) is 24.6 Å². The number of nitrogens with zero attached hydrogens (tertiary/aromatic N) is 4. The summed E-state index contributed by atoms with van der Waals surface area (Å²) in [6.45, 7) is 6.41. The van der Waals surface area contributed by atoms with Crippen LogP contribution in [0.5, 0.6) is 0 Å². The number of nitrogen functional groups attached to an aromatic ring is 1. The van der Waals surface area contributed by atoms with E-state index in [-0.39, 0.29) is 40.6 Å². The van der Waals surface area contributed by atoms with E-state index in [0.29, 0.717) is 0 Å². The first kappa shape index (κ1) is 34.0. The van der Waals surface area contributed by atoms with Crippen molar-refractivity contribution >= 4 is 69.9 Å². The second kappa shape index (κ2) is 13.4. The van der Waals surface area contributed by atoms with E-state index in [2.05, 4.69) is 20.0 Å². The monoisotopic (exact) mass is 656 g/mol. The summed E-state index contributed by atoms with van der Waals surface area (Å²) in [5, 5.41) is 10.7. The summed E-state index contributed by atoms with van der Waals surface area (Å²) >= 11 is 12.8. The Morgan fingerprint density at radius 3 is 2.66 bits per heavy atom.